The highest BCUT2D eigenvalue weighted by molar-refractivity contribution is 8.08. The summed E-state index contributed by atoms with van der Waals surface area (Å²) in [6.45, 7) is -0.847. The summed E-state index contributed by atoms with van der Waals surface area (Å²) in [6, 6.07) is 0. The van der Waals surface area contributed by atoms with Gasteiger partial charge >= 0.3 is 44.4 Å². The lowest BCUT2D eigenvalue weighted by molar-refractivity contribution is -0.242. The highest BCUT2D eigenvalue weighted by atomic mass is 32.5. The molecule has 1 fully saturated rings. The Morgan fingerprint density at radius 1 is 0.879 bits per heavy atom. The number of aromatic nitrogens is 4. The number of hydrogen-bond donors (Lipinski definition) is 3. The minimum atomic E-state index is -5.73. The number of fused-ring (bicyclic) bond motifs is 1. The van der Waals surface area contributed by atoms with Crippen molar-refractivity contribution >= 4 is 73.2 Å². The molecule has 25 nitrogen and oxygen atoms in total. The molecular formula is C30H45N5O20P2S. The third kappa shape index (κ3) is 14.2. The number of nitrogen functional groups attached to an aromatic ring is 1. The fourth-order valence-electron chi connectivity index (χ4n) is 5.48. The molecule has 0 amide bonds. The predicted octanol–water partition coefficient (Wildman–Crippen LogP) is 0.355. The van der Waals surface area contributed by atoms with Crippen molar-refractivity contribution in [1.29, 1.82) is 0 Å². The lowest BCUT2D eigenvalue weighted by Crippen LogP contribution is -2.50. The van der Waals surface area contributed by atoms with Crippen LogP contribution in [0.4, 0.5) is 5.82 Å². The Morgan fingerprint density at radius 2 is 1.45 bits per heavy atom. The molecule has 326 valence electrons. The van der Waals surface area contributed by atoms with E-state index in [9.17, 15) is 38.3 Å². The molecule has 2 aromatic rings. The van der Waals surface area contributed by atoms with E-state index in [2.05, 4.69) is 15.0 Å². The number of anilines is 1. The van der Waals surface area contributed by atoms with Gasteiger partial charge in [-0.2, -0.15) is 0 Å². The van der Waals surface area contributed by atoms with E-state index in [1.54, 1.807) is 0 Å². The molecule has 8 unspecified atom stereocenters. The number of hydrogen-bond acceptors (Lipinski definition) is 23. The van der Waals surface area contributed by atoms with Crippen molar-refractivity contribution in [2.45, 2.75) is 96.8 Å². The molecule has 1 aliphatic rings. The van der Waals surface area contributed by atoms with Crippen LogP contribution < -0.4 is 5.73 Å². The van der Waals surface area contributed by atoms with Crippen LogP contribution in [0.2, 0.25) is 0 Å². The first kappa shape index (κ1) is 48.6. The van der Waals surface area contributed by atoms with Crippen molar-refractivity contribution in [3.63, 3.8) is 0 Å². The standard InChI is InChI=1S/C30H45N5O20P2S/c1-14(49-17(4)38)24(20(50-18(5)39)9-46-15(2)36)53-30(22(51-19(6)40)10-47-16(3)37)54-56(41,42)55-57(43,58)48-11-21-25(44-7)26(45-8)29(52-21)35-13-34-23-27(31)32-12-33-28(23)35/h12-14,20-22,24-26,29-30H,9-11H2,1-8H3,(H,41,42)(H,43,58)(H2,31,32,33)/t14-,20+,21?,22+,24?,25?,26?,29?,30?,57?/m0/s1. The van der Waals surface area contributed by atoms with Gasteiger partial charge in [0.1, 0.15) is 55.6 Å². The number of esters is 5. The van der Waals surface area contributed by atoms with Crippen LogP contribution in [-0.2, 0) is 96.3 Å². The van der Waals surface area contributed by atoms with Gasteiger partial charge in [0, 0.05) is 48.8 Å². The molecule has 0 aliphatic carbocycles. The Morgan fingerprint density at radius 3 is 2.00 bits per heavy atom. The monoisotopic (exact) mass is 889 g/mol. The van der Waals surface area contributed by atoms with Crippen LogP contribution in [0.3, 0.4) is 0 Å². The number of imidazole rings is 1. The molecule has 28 heteroatoms. The molecule has 4 N–H and O–H groups in total. The Kier molecular flexibility index (Phi) is 18.0. The number of methoxy groups -OCH3 is 2. The highest BCUT2D eigenvalue weighted by Crippen LogP contribution is 2.61. The summed E-state index contributed by atoms with van der Waals surface area (Å²) >= 11 is 5.02. The molecule has 0 spiro atoms. The minimum Gasteiger partial charge on any atom is -0.462 e. The smallest absolute Gasteiger partial charge is 0.462 e. The number of nitrogens with zero attached hydrogens (tertiary/aromatic N) is 4. The van der Waals surface area contributed by atoms with Crippen molar-refractivity contribution in [3.05, 3.63) is 12.7 Å². The summed E-state index contributed by atoms with van der Waals surface area (Å²) in [5.74, 6) is -4.49. The van der Waals surface area contributed by atoms with E-state index in [0.29, 0.717) is 0 Å². The average Bonchev–Trinajstić information content (AvgIpc) is 3.69. The zero-order chi connectivity index (χ0) is 43.5. The van der Waals surface area contributed by atoms with Crippen LogP contribution >= 0.6 is 14.5 Å². The molecule has 3 heterocycles. The second-order valence-electron chi connectivity index (χ2n) is 12.2. The lowest BCUT2D eigenvalue weighted by atomic mass is 10.1. The Hall–Kier alpha value is -3.78. The first-order chi connectivity index (χ1) is 27.1. The number of carbonyl (C=O) groups is 5. The Bertz CT molecular complexity index is 1870. The first-order valence-electron chi connectivity index (χ1n) is 16.9. The quantitative estimate of drug-likeness (QED) is 0.0622. The molecule has 3 rings (SSSR count). The van der Waals surface area contributed by atoms with Crippen molar-refractivity contribution in [3.8, 4) is 0 Å². The summed E-state index contributed by atoms with van der Waals surface area (Å²) in [6.07, 6.45) is -10.3. The SMILES string of the molecule is COC1C(COP(O)(=S)OP(=O)(O)OC(OC([C@H](C)OC(C)=O)[C@@H](COC(C)=O)OC(C)=O)[C@@H](COC(C)=O)OC(C)=O)OC(n2cnc3c(N)ncnc32)C1OC. The van der Waals surface area contributed by atoms with Gasteiger partial charge in [-0.1, -0.05) is 0 Å². The van der Waals surface area contributed by atoms with Gasteiger partial charge < -0.3 is 62.7 Å². The van der Waals surface area contributed by atoms with E-state index in [-0.39, 0.29) is 17.0 Å². The number of carbonyl (C=O) groups excluding carboxylic acids is 5. The second kappa shape index (κ2) is 21.5. The molecule has 0 saturated carbocycles. The summed E-state index contributed by atoms with van der Waals surface area (Å²) in [5.41, 5.74) is 6.48. The van der Waals surface area contributed by atoms with Crippen molar-refractivity contribution < 1.29 is 94.3 Å². The number of nitrogens with two attached hydrogens (primary N) is 1. The van der Waals surface area contributed by atoms with E-state index >= 15 is 0 Å². The summed E-state index contributed by atoms with van der Waals surface area (Å²) in [7, 11) is -3.01. The van der Waals surface area contributed by atoms with E-state index < -0.39 is 119 Å². The molecular weight excluding hydrogens is 844 g/mol. The van der Waals surface area contributed by atoms with Crippen LogP contribution in [0.15, 0.2) is 12.7 Å². The van der Waals surface area contributed by atoms with E-state index in [1.807, 2.05) is 0 Å². The topological polar surface area (TPSA) is 323 Å². The van der Waals surface area contributed by atoms with Crippen LogP contribution in [0.25, 0.3) is 11.2 Å². The van der Waals surface area contributed by atoms with Gasteiger partial charge in [-0.15, -0.1) is 0 Å². The summed E-state index contributed by atoms with van der Waals surface area (Å²) in [4.78, 5) is 93.9. The van der Waals surface area contributed by atoms with Gasteiger partial charge in [-0.3, -0.25) is 33.1 Å². The zero-order valence-electron chi connectivity index (χ0n) is 32.4. The maximum absolute atomic E-state index is 13.6. The molecule has 0 radical (unpaired) electrons. The fourth-order valence-corrected chi connectivity index (χ4v) is 8.59. The number of phosphoric ester groups is 1. The number of rotatable bonds is 22. The number of phosphoric acid groups is 1. The van der Waals surface area contributed by atoms with Crippen molar-refractivity contribution in [2.24, 2.45) is 0 Å². The van der Waals surface area contributed by atoms with Crippen LogP contribution in [0.5, 0.6) is 0 Å². The van der Waals surface area contributed by atoms with E-state index in [0.717, 1.165) is 34.6 Å². The number of ether oxygens (including phenoxy) is 9. The third-order valence-corrected chi connectivity index (χ3v) is 11.2. The highest BCUT2D eigenvalue weighted by Gasteiger charge is 2.49. The van der Waals surface area contributed by atoms with Gasteiger partial charge in [0.2, 0.25) is 6.29 Å². The van der Waals surface area contributed by atoms with Crippen LogP contribution in [0.1, 0.15) is 47.8 Å². The molecule has 0 bridgehead atoms. The zero-order valence-corrected chi connectivity index (χ0v) is 35.0. The Balaban J connectivity index is 1.92. The van der Waals surface area contributed by atoms with Gasteiger partial charge in [-0.25, -0.2) is 23.8 Å². The van der Waals surface area contributed by atoms with Gasteiger partial charge in [0.05, 0.1) is 12.9 Å². The van der Waals surface area contributed by atoms with Crippen molar-refractivity contribution in [1.82, 2.24) is 19.5 Å². The summed E-state index contributed by atoms with van der Waals surface area (Å²) < 4.78 is 79.3. The molecule has 1 saturated heterocycles. The largest absolute Gasteiger partial charge is 0.481 e. The normalized spacial score (nSPS) is 22.7. The maximum atomic E-state index is 13.6. The van der Waals surface area contributed by atoms with Gasteiger partial charge in [-0.05, 0) is 18.7 Å². The second-order valence-corrected chi connectivity index (χ2v) is 16.5. The fraction of sp³-hybridized carbons (Fsp3) is 0.667. The van der Waals surface area contributed by atoms with Gasteiger partial charge in [0.15, 0.2) is 29.9 Å². The van der Waals surface area contributed by atoms with E-state index in [1.165, 1.54) is 38.4 Å². The minimum absolute atomic E-state index is 0.103. The average molecular weight is 890 g/mol. The van der Waals surface area contributed by atoms with E-state index in [4.69, 9.17) is 73.5 Å². The van der Waals surface area contributed by atoms with Gasteiger partial charge in [0.25, 0.3) is 0 Å². The molecule has 0 aromatic carbocycles. The molecule has 11 atom stereocenters. The molecule has 58 heavy (non-hydrogen) atoms. The lowest BCUT2D eigenvalue weighted by Gasteiger charge is -2.35. The van der Waals surface area contributed by atoms with Crippen molar-refractivity contribution in [2.75, 3.05) is 39.8 Å². The van der Waals surface area contributed by atoms with Crippen LogP contribution in [0, 0.1) is 0 Å². The molecule has 1 aliphatic heterocycles. The summed E-state index contributed by atoms with van der Waals surface area (Å²) in [5, 5.41) is 0. The van der Waals surface area contributed by atoms with Crippen LogP contribution in [-0.4, -0.2) is 142 Å². The predicted molar refractivity (Wildman–Crippen MR) is 194 cm³/mol. The Labute approximate surface area is 335 Å². The maximum Gasteiger partial charge on any atom is 0.481 e. The molecule has 2 aromatic heterocycles. The first-order valence-corrected chi connectivity index (χ1v) is 20.9. The third-order valence-electron chi connectivity index (χ3n) is 7.65.